The summed E-state index contributed by atoms with van der Waals surface area (Å²) in [5.74, 6) is 1.40. The molecule has 0 spiro atoms. The van der Waals surface area contributed by atoms with Crippen LogP contribution in [0.3, 0.4) is 0 Å². The topological polar surface area (TPSA) is 47.3 Å². The predicted octanol–water partition coefficient (Wildman–Crippen LogP) is 3.15. The Balaban J connectivity index is 1.55. The number of thiophene rings is 1. The minimum atomic E-state index is 0.376. The number of hydrogen-bond acceptors (Lipinski definition) is 5. The van der Waals surface area contributed by atoms with Crippen molar-refractivity contribution >= 4 is 27.3 Å². The molecule has 0 bridgehead atoms. The van der Waals surface area contributed by atoms with Gasteiger partial charge >= 0.3 is 0 Å². The van der Waals surface area contributed by atoms with E-state index in [0.717, 1.165) is 37.6 Å². The molecule has 108 valence electrons. The van der Waals surface area contributed by atoms with E-state index in [2.05, 4.69) is 38.5 Å². The highest BCUT2D eigenvalue weighted by Crippen LogP contribution is 2.24. The monoisotopic (exact) mass is 356 g/mol. The number of nitrogens with one attached hydrogen (secondary N) is 1. The van der Waals surface area contributed by atoms with Crippen LogP contribution in [0.1, 0.15) is 16.3 Å². The first-order valence-electron chi connectivity index (χ1n) is 6.68. The van der Waals surface area contributed by atoms with E-state index in [1.165, 1.54) is 8.66 Å². The molecule has 1 fully saturated rings. The van der Waals surface area contributed by atoms with Crippen molar-refractivity contribution in [2.24, 2.45) is 5.92 Å². The smallest absolute Gasteiger partial charge is 0.137 e. The molecule has 0 aromatic carbocycles. The van der Waals surface area contributed by atoms with Crippen LogP contribution in [0.25, 0.3) is 0 Å². The second-order valence-electron chi connectivity index (χ2n) is 5.13. The van der Waals surface area contributed by atoms with Crippen molar-refractivity contribution in [3.63, 3.8) is 0 Å². The number of aryl methyl sites for hydroxylation is 1. The van der Waals surface area contributed by atoms with Crippen LogP contribution in [0.15, 0.2) is 26.5 Å². The zero-order valence-electron chi connectivity index (χ0n) is 11.3. The molecule has 20 heavy (non-hydrogen) atoms. The lowest BCUT2D eigenvalue weighted by Crippen LogP contribution is -2.35. The Kier molecular flexibility index (Phi) is 4.55. The number of rotatable bonds is 5. The average molecular weight is 357 g/mol. The summed E-state index contributed by atoms with van der Waals surface area (Å²) in [6, 6.07) is 6.61. The Morgan fingerprint density at radius 3 is 3.05 bits per heavy atom. The van der Waals surface area contributed by atoms with E-state index in [0.29, 0.717) is 12.0 Å². The molecule has 0 saturated carbocycles. The van der Waals surface area contributed by atoms with Gasteiger partial charge in [0.15, 0.2) is 0 Å². The highest BCUT2D eigenvalue weighted by atomic mass is 79.9. The number of aromatic nitrogens is 1. The summed E-state index contributed by atoms with van der Waals surface area (Å²) >= 11 is 5.26. The van der Waals surface area contributed by atoms with E-state index >= 15 is 0 Å². The average Bonchev–Trinajstić information content (AvgIpc) is 3.11. The maximum absolute atomic E-state index is 5.61. The minimum Gasteiger partial charge on any atom is -0.379 e. The second-order valence-corrected chi connectivity index (χ2v) is 7.68. The van der Waals surface area contributed by atoms with Gasteiger partial charge in [-0.05, 0) is 35.0 Å². The largest absolute Gasteiger partial charge is 0.379 e. The molecule has 0 amide bonds. The van der Waals surface area contributed by atoms with Gasteiger partial charge < -0.3 is 14.6 Å². The van der Waals surface area contributed by atoms with Gasteiger partial charge in [0.1, 0.15) is 5.76 Å². The Morgan fingerprint density at radius 1 is 1.45 bits per heavy atom. The molecule has 4 nitrogen and oxygen atoms in total. The second kappa shape index (κ2) is 6.39. The van der Waals surface area contributed by atoms with Crippen LogP contribution >= 0.6 is 27.3 Å². The Hall–Kier alpha value is -0.690. The standard InChI is InChI=1S/C14H17BrN2O2S/c1-9-4-11(19-17-9)5-10-7-18-8-13(10)16-6-12-2-3-14(15)20-12/h2-4,10,13,16H,5-8H2,1H3/t10-,13-/m1/s1. The first kappa shape index (κ1) is 14.3. The molecule has 1 saturated heterocycles. The third kappa shape index (κ3) is 3.49. The molecule has 2 atom stereocenters. The summed E-state index contributed by atoms with van der Waals surface area (Å²) < 4.78 is 12.1. The van der Waals surface area contributed by atoms with Crippen molar-refractivity contribution in [2.75, 3.05) is 13.2 Å². The molecular weight excluding hydrogens is 340 g/mol. The van der Waals surface area contributed by atoms with Gasteiger partial charge in [-0.15, -0.1) is 11.3 Å². The molecule has 3 heterocycles. The zero-order chi connectivity index (χ0) is 13.9. The SMILES string of the molecule is Cc1cc(C[C@@H]2COC[C@H]2NCc2ccc(Br)s2)on1. The van der Waals surface area contributed by atoms with E-state index in [4.69, 9.17) is 9.26 Å². The van der Waals surface area contributed by atoms with Gasteiger partial charge in [0.05, 0.1) is 22.7 Å². The van der Waals surface area contributed by atoms with Crippen LogP contribution in [0.5, 0.6) is 0 Å². The summed E-state index contributed by atoms with van der Waals surface area (Å²) in [5, 5.41) is 7.53. The van der Waals surface area contributed by atoms with E-state index in [1.807, 2.05) is 13.0 Å². The third-order valence-electron chi connectivity index (χ3n) is 3.51. The van der Waals surface area contributed by atoms with Crippen molar-refractivity contribution in [1.82, 2.24) is 10.5 Å². The fourth-order valence-electron chi connectivity index (χ4n) is 2.47. The van der Waals surface area contributed by atoms with Crippen LogP contribution in [0.4, 0.5) is 0 Å². The quantitative estimate of drug-likeness (QED) is 0.893. The summed E-state index contributed by atoms with van der Waals surface area (Å²) in [6.07, 6.45) is 0.882. The summed E-state index contributed by atoms with van der Waals surface area (Å²) in [7, 11) is 0. The van der Waals surface area contributed by atoms with Crippen LogP contribution in [0, 0.1) is 12.8 Å². The maximum Gasteiger partial charge on any atom is 0.137 e. The summed E-state index contributed by atoms with van der Waals surface area (Å²) in [4.78, 5) is 1.33. The fourth-order valence-corrected chi connectivity index (χ4v) is 3.91. The van der Waals surface area contributed by atoms with Crippen molar-refractivity contribution < 1.29 is 9.26 Å². The number of nitrogens with zero attached hydrogens (tertiary/aromatic N) is 1. The molecule has 1 N–H and O–H groups in total. The molecule has 2 aromatic rings. The predicted molar refractivity (Wildman–Crippen MR) is 81.9 cm³/mol. The zero-order valence-corrected chi connectivity index (χ0v) is 13.7. The Morgan fingerprint density at radius 2 is 2.35 bits per heavy atom. The van der Waals surface area contributed by atoms with Crippen molar-refractivity contribution in [2.45, 2.75) is 25.9 Å². The van der Waals surface area contributed by atoms with Crippen LogP contribution in [0.2, 0.25) is 0 Å². The maximum atomic E-state index is 5.61. The highest BCUT2D eigenvalue weighted by Gasteiger charge is 2.29. The summed E-state index contributed by atoms with van der Waals surface area (Å²) in [5.41, 5.74) is 0.937. The van der Waals surface area contributed by atoms with E-state index in [9.17, 15) is 0 Å². The van der Waals surface area contributed by atoms with Crippen LogP contribution < -0.4 is 5.32 Å². The highest BCUT2D eigenvalue weighted by molar-refractivity contribution is 9.11. The van der Waals surface area contributed by atoms with Gasteiger partial charge in [-0.2, -0.15) is 0 Å². The van der Waals surface area contributed by atoms with Gasteiger partial charge in [0.25, 0.3) is 0 Å². The van der Waals surface area contributed by atoms with Gasteiger partial charge in [0.2, 0.25) is 0 Å². The Labute approximate surface area is 130 Å². The van der Waals surface area contributed by atoms with Crippen LogP contribution in [-0.2, 0) is 17.7 Å². The van der Waals surface area contributed by atoms with Crippen LogP contribution in [-0.4, -0.2) is 24.4 Å². The van der Waals surface area contributed by atoms with Crippen molar-refractivity contribution in [3.05, 3.63) is 38.3 Å². The number of halogens is 1. The van der Waals surface area contributed by atoms with Crippen molar-refractivity contribution in [1.29, 1.82) is 0 Å². The van der Waals surface area contributed by atoms with Gasteiger partial charge in [0, 0.05) is 35.9 Å². The van der Waals surface area contributed by atoms with Crippen molar-refractivity contribution in [3.8, 4) is 0 Å². The first-order valence-corrected chi connectivity index (χ1v) is 8.29. The molecule has 0 radical (unpaired) electrons. The number of hydrogen-bond donors (Lipinski definition) is 1. The molecule has 3 rings (SSSR count). The third-order valence-corrected chi connectivity index (χ3v) is 5.13. The molecule has 0 unspecified atom stereocenters. The lowest BCUT2D eigenvalue weighted by Gasteiger charge is -2.17. The Bertz CT molecular complexity index is 569. The van der Waals surface area contributed by atoms with Gasteiger partial charge in [-0.1, -0.05) is 5.16 Å². The van der Waals surface area contributed by atoms with E-state index in [-0.39, 0.29) is 0 Å². The van der Waals surface area contributed by atoms with E-state index < -0.39 is 0 Å². The van der Waals surface area contributed by atoms with Gasteiger partial charge in [-0.3, -0.25) is 0 Å². The lowest BCUT2D eigenvalue weighted by atomic mass is 9.98. The molecule has 1 aliphatic heterocycles. The summed E-state index contributed by atoms with van der Waals surface area (Å²) in [6.45, 7) is 4.38. The molecule has 0 aliphatic carbocycles. The molecular formula is C14H17BrN2O2S. The first-order chi connectivity index (χ1) is 9.70. The molecule has 1 aliphatic rings. The lowest BCUT2D eigenvalue weighted by molar-refractivity contribution is 0.181. The minimum absolute atomic E-state index is 0.376. The number of ether oxygens (including phenoxy) is 1. The molecule has 6 heteroatoms. The normalized spacial score (nSPS) is 22.5. The molecule has 2 aromatic heterocycles. The van der Waals surface area contributed by atoms with E-state index in [1.54, 1.807) is 11.3 Å². The van der Waals surface area contributed by atoms with Gasteiger partial charge in [-0.25, -0.2) is 0 Å². The fraction of sp³-hybridized carbons (Fsp3) is 0.500.